The fraction of sp³-hybridized carbons (Fsp3) is 0.167. The molecule has 0 aliphatic rings. The van der Waals surface area contributed by atoms with Crippen molar-refractivity contribution in [2.75, 3.05) is 0 Å². The minimum absolute atomic E-state index is 0.149. The van der Waals surface area contributed by atoms with Gasteiger partial charge in [0, 0.05) is 5.56 Å². The number of aryl methyl sites for hydroxylation is 1. The maximum atomic E-state index is 5.95. The SMILES string of the molecule is Cc1cccc(-c2nnc3sc([C@H](C)Oc4ccccc4)nn23)c1. The van der Waals surface area contributed by atoms with Crippen LogP contribution in [0, 0.1) is 6.92 Å². The Labute approximate surface area is 143 Å². The first kappa shape index (κ1) is 14.8. The first-order valence-electron chi connectivity index (χ1n) is 7.71. The Morgan fingerprint density at radius 3 is 2.67 bits per heavy atom. The van der Waals surface area contributed by atoms with Crippen molar-refractivity contribution in [1.82, 2.24) is 19.8 Å². The summed E-state index contributed by atoms with van der Waals surface area (Å²) in [4.78, 5) is 0.769. The van der Waals surface area contributed by atoms with E-state index in [-0.39, 0.29) is 6.10 Å². The number of nitrogens with zero attached hydrogens (tertiary/aromatic N) is 4. The largest absolute Gasteiger partial charge is 0.483 e. The number of para-hydroxylation sites is 1. The third-order valence-electron chi connectivity index (χ3n) is 3.69. The van der Waals surface area contributed by atoms with E-state index < -0.39 is 0 Å². The van der Waals surface area contributed by atoms with Crippen LogP contribution in [0.3, 0.4) is 0 Å². The molecule has 1 atom stereocenters. The van der Waals surface area contributed by atoms with Crippen LogP contribution in [0.2, 0.25) is 0 Å². The van der Waals surface area contributed by atoms with Gasteiger partial charge in [0.2, 0.25) is 4.96 Å². The van der Waals surface area contributed by atoms with Gasteiger partial charge in [-0.1, -0.05) is 53.3 Å². The normalized spacial score (nSPS) is 12.4. The second-order valence-electron chi connectivity index (χ2n) is 5.60. The lowest BCUT2D eigenvalue weighted by Crippen LogP contribution is -2.03. The average molecular weight is 336 g/mol. The van der Waals surface area contributed by atoms with Crippen LogP contribution >= 0.6 is 11.3 Å². The topological polar surface area (TPSA) is 52.3 Å². The molecule has 2 aromatic carbocycles. The van der Waals surface area contributed by atoms with Gasteiger partial charge in [0.05, 0.1) is 0 Å². The van der Waals surface area contributed by atoms with E-state index in [0.29, 0.717) is 0 Å². The highest BCUT2D eigenvalue weighted by Crippen LogP contribution is 2.27. The minimum atomic E-state index is -0.149. The van der Waals surface area contributed by atoms with Gasteiger partial charge in [-0.2, -0.15) is 9.61 Å². The molecule has 0 radical (unpaired) electrons. The van der Waals surface area contributed by atoms with Gasteiger partial charge < -0.3 is 4.74 Å². The number of hydrogen-bond donors (Lipinski definition) is 0. The van der Waals surface area contributed by atoms with Crippen molar-refractivity contribution in [2.24, 2.45) is 0 Å². The van der Waals surface area contributed by atoms with E-state index in [1.807, 2.05) is 49.4 Å². The van der Waals surface area contributed by atoms with Crippen molar-refractivity contribution in [3.63, 3.8) is 0 Å². The molecule has 5 nitrogen and oxygen atoms in total. The van der Waals surface area contributed by atoms with E-state index in [1.165, 1.54) is 16.9 Å². The zero-order valence-corrected chi connectivity index (χ0v) is 14.2. The van der Waals surface area contributed by atoms with Gasteiger partial charge in [0.15, 0.2) is 10.8 Å². The highest BCUT2D eigenvalue weighted by molar-refractivity contribution is 7.16. The lowest BCUT2D eigenvalue weighted by atomic mass is 10.1. The van der Waals surface area contributed by atoms with Crippen LogP contribution in [0.15, 0.2) is 54.6 Å². The summed E-state index contributed by atoms with van der Waals surface area (Å²) in [5, 5.41) is 14.1. The monoisotopic (exact) mass is 336 g/mol. The Morgan fingerprint density at radius 2 is 1.88 bits per heavy atom. The number of hydrogen-bond acceptors (Lipinski definition) is 5. The molecule has 0 amide bonds. The summed E-state index contributed by atoms with van der Waals surface area (Å²) in [5.41, 5.74) is 2.19. The van der Waals surface area contributed by atoms with Crippen LogP contribution in [0.1, 0.15) is 23.6 Å². The molecule has 0 unspecified atom stereocenters. The Morgan fingerprint density at radius 1 is 1.04 bits per heavy atom. The predicted octanol–water partition coefficient (Wildman–Crippen LogP) is 4.30. The van der Waals surface area contributed by atoms with Crippen molar-refractivity contribution >= 4 is 16.3 Å². The maximum Gasteiger partial charge on any atom is 0.235 e. The number of rotatable bonds is 4. The molecule has 0 saturated carbocycles. The van der Waals surface area contributed by atoms with Crippen LogP contribution in [0.4, 0.5) is 0 Å². The Kier molecular flexibility index (Phi) is 3.74. The first-order chi connectivity index (χ1) is 11.7. The summed E-state index contributed by atoms with van der Waals surface area (Å²) < 4.78 is 7.74. The van der Waals surface area contributed by atoms with E-state index in [9.17, 15) is 0 Å². The summed E-state index contributed by atoms with van der Waals surface area (Å²) >= 11 is 1.50. The van der Waals surface area contributed by atoms with Crippen LogP contribution in [0.5, 0.6) is 5.75 Å². The quantitative estimate of drug-likeness (QED) is 0.557. The van der Waals surface area contributed by atoms with E-state index >= 15 is 0 Å². The summed E-state index contributed by atoms with van der Waals surface area (Å²) in [6, 6.07) is 17.9. The highest BCUT2D eigenvalue weighted by Gasteiger charge is 2.18. The van der Waals surface area contributed by atoms with Gasteiger partial charge in [0.25, 0.3) is 0 Å². The molecule has 0 aliphatic heterocycles. The Hall–Kier alpha value is -2.73. The molecule has 2 aromatic heterocycles. The molecule has 0 saturated heterocycles. The van der Waals surface area contributed by atoms with E-state index in [4.69, 9.17) is 4.74 Å². The van der Waals surface area contributed by atoms with Crippen LogP contribution in [0.25, 0.3) is 16.3 Å². The lowest BCUT2D eigenvalue weighted by molar-refractivity contribution is 0.225. The van der Waals surface area contributed by atoms with Crippen molar-refractivity contribution < 1.29 is 4.74 Å². The zero-order chi connectivity index (χ0) is 16.5. The highest BCUT2D eigenvalue weighted by atomic mass is 32.1. The molecule has 120 valence electrons. The van der Waals surface area contributed by atoms with Crippen molar-refractivity contribution in [3.8, 4) is 17.1 Å². The fourth-order valence-electron chi connectivity index (χ4n) is 2.51. The summed E-state index contributed by atoms with van der Waals surface area (Å²) in [7, 11) is 0. The average Bonchev–Trinajstić information content (AvgIpc) is 3.16. The van der Waals surface area contributed by atoms with Gasteiger partial charge >= 0.3 is 0 Å². The van der Waals surface area contributed by atoms with Crippen LogP contribution < -0.4 is 4.74 Å². The molecular formula is C18H16N4OS. The third-order valence-corrected chi connectivity index (χ3v) is 4.75. The van der Waals surface area contributed by atoms with Gasteiger partial charge in [0.1, 0.15) is 11.9 Å². The second-order valence-corrected chi connectivity index (χ2v) is 6.59. The smallest absolute Gasteiger partial charge is 0.235 e. The molecule has 6 heteroatoms. The zero-order valence-electron chi connectivity index (χ0n) is 13.4. The molecule has 24 heavy (non-hydrogen) atoms. The number of benzene rings is 2. The minimum Gasteiger partial charge on any atom is -0.483 e. The van der Waals surface area contributed by atoms with Gasteiger partial charge in [-0.3, -0.25) is 0 Å². The number of ether oxygens (including phenoxy) is 1. The molecule has 0 bridgehead atoms. The summed E-state index contributed by atoms with van der Waals surface area (Å²) in [6.07, 6.45) is -0.149. The lowest BCUT2D eigenvalue weighted by Gasteiger charge is -2.11. The first-order valence-corrected chi connectivity index (χ1v) is 8.53. The van der Waals surface area contributed by atoms with E-state index in [2.05, 4.69) is 34.4 Å². The van der Waals surface area contributed by atoms with Crippen LogP contribution in [-0.2, 0) is 0 Å². The maximum absolute atomic E-state index is 5.95. The van der Waals surface area contributed by atoms with Gasteiger partial charge in [-0.15, -0.1) is 10.2 Å². The molecule has 4 aromatic rings. The fourth-order valence-corrected chi connectivity index (χ4v) is 3.33. The van der Waals surface area contributed by atoms with Gasteiger partial charge in [-0.05, 0) is 32.0 Å². The molecule has 0 aliphatic carbocycles. The molecule has 0 fully saturated rings. The molecule has 4 rings (SSSR count). The Bertz CT molecular complexity index is 977. The molecule has 2 heterocycles. The molecule has 0 N–H and O–H groups in total. The van der Waals surface area contributed by atoms with Crippen molar-refractivity contribution in [3.05, 3.63) is 65.2 Å². The number of fused-ring (bicyclic) bond motifs is 1. The molecule has 0 spiro atoms. The standard InChI is InChI=1S/C18H16N4OS/c1-12-7-6-8-14(11-12)16-19-20-18-22(16)21-17(24-18)13(2)23-15-9-4-3-5-10-15/h3-11,13H,1-2H3/t13-/m0/s1. The number of aromatic nitrogens is 4. The Balaban J connectivity index is 1.67. The van der Waals surface area contributed by atoms with Gasteiger partial charge in [-0.25, -0.2) is 0 Å². The van der Waals surface area contributed by atoms with Crippen LogP contribution in [-0.4, -0.2) is 19.8 Å². The van der Waals surface area contributed by atoms with E-state index in [0.717, 1.165) is 27.1 Å². The van der Waals surface area contributed by atoms with Crippen molar-refractivity contribution in [1.29, 1.82) is 0 Å². The summed E-state index contributed by atoms with van der Waals surface area (Å²) in [5.74, 6) is 1.58. The van der Waals surface area contributed by atoms with Crippen molar-refractivity contribution in [2.45, 2.75) is 20.0 Å². The predicted molar refractivity (Wildman–Crippen MR) is 94.3 cm³/mol. The van der Waals surface area contributed by atoms with E-state index in [1.54, 1.807) is 4.52 Å². The second kappa shape index (κ2) is 6.05. The summed E-state index contributed by atoms with van der Waals surface area (Å²) in [6.45, 7) is 4.05. The molecular weight excluding hydrogens is 320 g/mol. The third kappa shape index (κ3) is 2.76.